The quantitative estimate of drug-likeness (QED) is 0.917. The Morgan fingerprint density at radius 1 is 1.50 bits per heavy atom. The summed E-state index contributed by atoms with van der Waals surface area (Å²) in [7, 11) is 0. The number of amides is 1. The Balaban J connectivity index is 1.63. The monoisotopic (exact) mass is 295 g/mol. The molecule has 2 aliphatic rings. The Morgan fingerprint density at radius 3 is 2.95 bits per heavy atom. The summed E-state index contributed by atoms with van der Waals surface area (Å²) in [6.07, 6.45) is 0.00307. The van der Waals surface area contributed by atoms with Crippen molar-refractivity contribution in [3.8, 4) is 0 Å². The fraction of sp³-hybridized carbons (Fsp3) is 0.571. The number of carboxylic acid groups (broad SMARTS) is 1. The summed E-state index contributed by atoms with van der Waals surface area (Å²) in [6, 6.07) is 2.08. The summed E-state index contributed by atoms with van der Waals surface area (Å²) in [4.78, 5) is 26.3. The van der Waals surface area contributed by atoms with Crippen LogP contribution >= 0.6 is 11.3 Å². The van der Waals surface area contributed by atoms with Gasteiger partial charge in [0.15, 0.2) is 6.10 Å². The number of thiophene rings is 1. The zero-order chi connectivity index (χ0) is 14.3. The first-order valence-electron chi connectivity index (χ1n) is 6.75. The van der Waals surface area contributed by atoms with Crippen molar-refractivity contribution in [3.05, 3.63) is 21.9 Å². The molecule has 2 fully saturated rings. The molecule has 0 spiro atoms. The van der Waals surface area contributed by atoms with Gasteiger partial charge >= 0.3 is 5.97 Å². The minimum absolute atomic E-state index is 0.0277. The van der Waals surface area contributed by atoms with Crippen molar-refractivity contribution < 1.29 is 19.4 Å². The highest BCUT2D eigenvalue weighted by Gasteiger charge is 2.47. The molecule has 2 heterocycles. The molecule has 0 aromatic carbocycles. The van der Waals surface area contributed by atoms with E-state index in [1.165, 1.54) is 10.4 Å². The zero-order valence-corrected chi connectivity index (χ0v) is 12.1. The van der Waals surface area contributed by atoms with Crippen molar-refractivity contribution in [1.29, 1.82) is 0 Å². The topological polar surface area (TPSA) is 66.8 Å². The second kappa shape index (κ2) is 5.18. The van der Waals surface area contributed by atoms with Gasteiger partial charge in [-0.2, -0.15) is 0 Å². The summed E-state index contributed by atoms with van der Waals surface area (Å²) in [6.45, 7) is 3.04. The second-order valence-corrected chi connectivity index (χ2v) is 6.35. The molecule has 3 unspecified atom stereocenters. The molecule has 108 valence electrons. The van der Waals surface area contributed by atoms with Crippen molar-refractivity contribution >= 4 is 23.2 Å². The highest BCUT2D eigenvalue weighted by atomic mass is 32.1. The van der Waals surface area contributed by atoms with Crippen LogP contribution in [0.25, 0.3) is 0 Å². The van der Waals surface area contributed by atoms with Gasteiger partial charge in [-0.3, -0.25) is 4.79 Å². The zero-order valence-electron chi connectivity index (χ0n) is 11.2. The molecule has 3 atom stereocenters. The maximum absolute atomic E-state index is 12.4. The first-order valence-corrected chi connectivity index (χ1v) is 7.63. The standard InChI is InChI=1S/C14H17NO4S/c1-8-2-5-20-12(8)9-6-10(9)13(16)15-3-4-19-11(7-15)14(17)18/h2,5,9-11H,3-4,6-7H2,1H3,(H,17,18). The summed E-state index contributed by atoms with van der Waals surface area (Å²) >= 11 is 1.70. The van der Waals surface area contributed by atoms with Crippen LogP contribution in [0.2, 0.25) is 0 Å². The number of carbonyl (C=O) groups excluding carboxylic acids is 1. The molecule has 1 aromatic rings. The minimum Gasteiger partial charge on any atom is -0.479 e. The van der Waals surface area contributed by atoms with Crippen molar-refractivity contribution in [2.45, 2.75) is 25.4 Å². The number of aryl methyl sites for hydroxylation is 1. The van der Waals surface area contributed by atoms with Crippen molar-refractivity contribution in [2.75, 3.05) is 19.7 Å². The van der Waals surface area contributed by atoms with Gasteiger partial charge in [0.05, 0.1) is 13.2 Å². The van der Waals surface area contributed by atoms with E-state index < -0.39 is 12.1 Å². The van der Waals surface area contributed by atoms with E-state index in [0.29, 0.717) is 19.1 Å². The third kappa shape index (κ3) is 2.45. The van der Waals surface area contributed by atoms with Gasteiger partial charge in [0.2, 0.25) is 5.91 Å². The average Bonchev–Trinajstić information content (AvgIpc) is 3.12. The molecule has 1 saturated heterocycles. The molecule has 0 radical (unpaired) electrons. The van der Waals surface area contributed by atoms with E-state index in [2.05, 4.69) is 18.4 Å². The van der Waals surface area contributed by atoms with Crippen LogP contribution in [0, 0.1) is 12.8 Å². The van der Waals surface area contributed by atoms with Crippen LogP contribution in [-0.4, -0.2) is 47.7 Å². The lowest BCUT2D eigenvalue weighted by atomic mass is 10.1. The van der Waals surface area contributed by atoms with Crippen LogP contribution in [-0.2, 0) is 14.3 Å². The van der Waals surface area contributed by atoms with E-state index in [1.54, 1.807) is 16.2 Å². The smallest absolute Gasteiger partial charge is 0.334 e. The number of hydrogen-bond acceptors (Lipinski definition) is 4. The Bertz CT molecular complexity index is 541. The number of ether oxygens (including phenoxy) is 1. The normalized spacial score (nSPS) is 29.2. The van der Waals surface area contributed by atoms with Crippen molar-refractivity contribution in [3.63, 3.8) is 0 Å². The predicted molar refractivity (Wildman–Crippen MR) is 73.9 cm³/mol. The number of carbonyl (C=O) groups is 2. The van der Waals surface area contributed by atoms with Crippen LogP contribution in [0.1, 0.15) is 22.8 Å². The summed E-state index contributed by atoms with van der Waals surface area (Å²) < 4.78 is 5.15. The minimum atomic E-state index is -0.996. The van der Waals surface area contributed by atoms with Crippen LogP contribution in [0.3, 0.4) is 0 Å². The van der Waals surface area contributed by atoms with E-state index in [9.17, 15) is 9.59 Å². The van der Waals surface area contributed by atoms with E-state index in [4.69, 9.17) is 9.84 Å². The molecule has 1 saturated carbocycles. The number of rotatable bonds is 3. The van der Waals surface area contributed by atoms with Gasteiger partial charge in [-0.1, -0.05) is 0 Å². The van der Waals surface area contributed by atoms with E-state index in [-0.39, 0.29) is 18.4 Å². The first kappa shape index (κ1) is 13.6. The molecule has 1 aliphatic carbocycles. The summed E-state index contributed by atoms with van der Waals surface area (Å²) in [5, 5.41) is 11.0. The van der Waals surface area contributed by atoms with Crippen LogP contribution in [0.4, 0.5) is 0 Å². The number of morpholine rings is 1. The Kier molecular flexibility index (Phi) is 3.52. The van der Waals surface area contributed by atoms with Crippen molar-refractivity contribution in [1.82, 2.24) is 4.90 Å². The number of nitrogens with zero attached hydrogens (tertiary/aromatic N) is 1. The Morgan fingerprint density at radius 2 is 2.30 bits per heavy atom. The average molecular weight is 295 g/mol. The van der Waals surface area contributed by atoms with Gasteiger partial charge in [0.1, 0.15) is 0 Å². The molecule has 3 rings (SSSR count). The number of carboxylic acids is 1. The lowest BCUT2D eigenvalue weighted by Gasteiger charge is -2.31. The molecular weight excluding hydrogens is 278 g/mol. The van der Waals surface area contributed by atoms with Gasteiger partial charge in [0.25, 0.3) is 0 Å². The predicted octanol–water partition coefficient (Wildman–Crippen LogP) is 1.47. The lowest BCUT2D eigenvalue weighted by molar-refractivity contribution is -0.159. The number of aliphatic carboxylic acids is 1. The summed E-state index contributed by atoms with van der Waals surface area (Å²) in [5.74, 6) is -0.560. The molecule has 5 nitrogen and oxygen atoms in total. The molecule has 1 N–H and O–H groups in total. The Labute approximate surface area is 121 Å². The van der Waals surface area contributed by atoms with Crippen molar-refractivity contribution in [2.24, 2.45) is 5.92 Å². The summed E-state index contributed by atoms with van der Waals surface area (Å²) in [5.41, 5.74) is 1.25. The molecule has 6 heteroatoms. The first-order chi connectivity index (χ1) is 9.58. The van der Waals surface area contributed by atoms with Gasteiger partial charge in [-0.05, 0) is 30.4 Å². The van der Waals surface area contributed by atoms with E-state index in [1.807, 2.05) is 0 Å². The second-order valence-electron chi connectivity index (χ2n) is 5.40. The van der Waals surface area contributed by atoms with Gasteiger partial charge < -0.3 is 14.7 Å². The maximum atomic E-state index is 12.4. The van der Waals surface area contributed by atoms with Gasteiger partial charge in [-0.25, -0.2) is 4.79 Å². The maximum Gasteiger partial charge on any atom is 0.334 e. The molecule has 1 aliphatic heterocycles. The van der Waals surface area contributed by atoms with Crippen LogP contribution in [0.5, 0.6) is 0 Å². The molecular formula is C14H17NO4S. The third-order valence-electron chi connectivity index (χ3n) is 4.00. The molecule has 1 amide bonds. The van der Waals surface area contributed by atoms with Crippen LogP contribution in [0.15, 0.2) is 11.4 Å². The van der Waals surface area contributed by atoms with Gasteiger partial charge in [0, 0.05) is 23.3 Å². The highest BCUT2D eigenvalue weighted by Crippen LogP contribution is 2.51. The van der Waals surface area contributed by atoms with Gasteiger partial charge in [-0.15, -0.1) is 11.3 Å². The lowest BCUT2D eigenvalue weighted by Crippen LogP contribution is -2.49. The number of hydrogen-bond donors (Lipinski definition) is 1. The third-order valence-corrected chi connectivity index (χ3v) is 5.15. The molecule has 1 aromatic heterocycles. The fourth-order valence-electron chi connectivity index (χ4n) is 2.76. The fourth-order valence-corrected chi connectivity index (χ4v) is 3.86. The SMILES string of the molecule is Cc1ccsc1C1CC1C(=O)N1CCOC(C(=O)O)C1. The van der Waals surface area contributed by atoms with Crippen LogP contribution < -0.4 is 0 Å². The molecule has 20 heavy (non-hydrogen) atoms. The largest absolute Gasteiger partial charge is 0.479 e. The Hall–Kier alpha value is -1.40. The molecule has 0 bridgehead atoms. The highest BCUT2D eigenvalue weighted by molar-refractivity contribution is 7.10. The van der Waals surface area contributed by atoms with E-state index in [0.717, 1.165) is 6.42 Å². The van der Waals surface area contributed by atoms with E-state index >= 15 is 0 Å².